The van der Waals surface area contributed by atoms with Crippen molar-refractivity contribution in [1.82, 2.24) is 4.90 Å². The Morgan fingerprint density at radius 1 is 0.473 bits per heavy atom. The van der Waals surface area contributed by atoms with Crippen molar-refractivity contribution >= 4 is 83.1 Å². The Hall–Kier alpha value is -4.02. The summed E-state index contributed by atoms with van der Waals surface area (Å²) in [6.07, 6.45) is 15.9. The Morgan fingerprint density at radius 3 is 1.15 bits per heavy atom. The van der Waals surface area contributed by atoms with Crippen LogP contribution in [0.25, 0.3) is 0 Å². The normalized spacial score (nSPS) is 28.8. The molecule has 91 heavy (non-hydrogen) atoms. The van der Waals surface area contributed by atoms with Crippen LogP contribution < -0.4 is 0 Å². The molecular weight excluding hydrogens is 1230 g/mol. The third-order valence-electron chi connectivity index (χ3n) is 19.5. The molecule has 4 aromatic carbocycles. The summed E-state index contributed by atoms with van der Waals surface area (Å²) in [7, 11) is -2.39. The van der Waals surface area contributed by atoms with Gasteiger partial charge in [0.25, 0.3) is 0 Å². The minimum atomic E-state index is -3.26. The fourth-order valence-electron chi connectivity index (χ4n) is 14.5. The van der Waals surface area contributed by atoms with Crippen molar-refractivity contribution in [1.29, 1.82) is 0 Å². The number of likely N-dealkylation sites (tertiary alicyclic amines) is 1. The monoisotopic (exact) mass is 1340 g/mol. The van der Waals surface area contributed by atoms with E-state index in [-0.39, 0.29) is 84.2 Å². The number of carbonyl (C=O) groups excluding carboxylic acids is 4. The second kappa shape index (κ2) is 28.4. The van der Waals surface area contributed by atoms with Gasteiger partial charge < -0.3 is 9.47 Å². The van der Waals surface area contributed by atoms with Gasteiger partial charge in [-0.3, -0.25) is 24.1 Å². The molecule has 0 aliphatic carbocycles. The van der Waals surface area contributed by atoms with Gasteiger partial charge in [-0.1, -0.05) is 132 Å². The smallest absolute Gasteiger partial charge is 0.311 e. The SMILES string of the molecule is CC(=O)N1CC2CCC(CC1=O)[S+]2c1ccc(C(C)(C)C)cc1.CC(C)(C)C(=O)OC1CC2CCC(C1)[S+]2c1ccc(C(C)(C)C)cc1.CC(C)(C)c1ccc([S+]2C3CCC2CC(=NS(C)(=O)=O)C3)cc1.CC(C)(C)c1ccc([S+]2C3CCC2CC(=O)OC3)cc1. The molecule has 8 saturated heterocycles. The summed E-state index contributed by atoms with van der Waals surface area (Å²) in [5.74, 6) is -0.128. The lowest BCUT2D eigenvalue weighted by Crippen LogP contribution is -2.39. The summed E-state index contributed by atoms with van der Waals surface area (Å²) in [6, 6.07) is 36.5. The molecule has 2 amide bonds. The van der Waals surface area contributed by atoms with E-state index >= 15 is 0 Å². The number of ether oxygens (including phenoxy) is 2. The van der Waals surface area contributed by atoms with Crippen LogP contribution in [0.3, 0.4) is 0 Å². The van der Waals surface area contributed by atoms with Crippen LogP contribution in [0, 0.1) is 5.41 Å². The molecular formula is C76H108N2O8S5+4. The van der Waals surface area contributed by atoms with Gasteiger partial charge in [0.2, 0.25) is 21.8 Å². The van der Waals surface area contributed by atoms with Crippen molar-refractivity contribution in [3.8, 4) is 0 Å². The maximum Gasteiger partial charge on any atom is 0.311 e. The van der Waals surface area contributed by atoms with Gasteiger partial charge in [0.1, 0.15) is 49.5 Å². The number of nitrogens with zero attached hydrogens (tertiary/aromatic N) is 2. The highest BCUT2D eigenvalue weighted by atomic mass is 32.2. The molecule has 496 valence electrons. The molecule has 8 heterocycles. The Balaban J connectivity index is 0.000000144. The molecule has 4 aromatic rings. The zero-order valence-corrected chi connectivity index (χ0v) is 62.0. The Bertz CT molecular complexity index is 3320. The van der Waals surface area contributed by atoms with E-state index in [9.17, 15) is 27.6 Å². The summed E-state index contributed by atoms with van der Waals surface area (Å²) in [5.41, 5.74) is 6.73. The average molecular weight is 1340 g/mol. The van der Waals surface area contributed by atoms with Crippen LogP contribution >= 0.6 is 0 Å². The lowest BCUT2D eigenvalue weighted by Gasteiger charge is -2.30. The van der Waals surface area contributed by atoms with E-state index in [1.807, 2.05) is 20.8 Å². The molecule has 0 spiro atoms. The van der Waals surface area contributed by atoms with E-state index in [0.29, 0.717) is 78.9 Å². The predicted molar refractivity (Wildman–Crippen MR) is 383 cm³/mol. The van der Waals surface area contributed by atoms with Crippen molar-refractivity contribution in [2.75, 3.05) is 19.4 Å². The lowest BCUT2D eigenvalue weighted by molar-refractivity contribution is -0.159. The average Bonchev–Trinajstić information content (AvgIpc) is 1.71. The Labute approximate surface area is 559 Å². The first-order valence-electron chi connectivity index (χ1n) is 33.7. The third-order valence-corrected chi connectivity index (χ3v) is 32.4. The quantitative estimate of drug-likeness (QED) is 0.137. The first-order chi connectivity index (χ1) is 42.4. The van der Waals surface area contributed by atoms with Gasteiger partial charge in [-0.05, 0) is 113 Å². The first-order valence-corrected chi connectivity index (χ1v) is 40.9. The fraction of sp³-hybridized carbons (Fsp3) is 0.618. The largest absolute Gasteiger partial charge is 0.462 e. The minimum Gasteiger partial charge on any atom is -0.462 e. The number of amides is 2. The van der Waals surface area contributed by atoms with Gasteiger partial charge in [0.05, 0.1) is 31.1 Å². The molecule has 10 atom stereocenters. The van der Waals surface area contributed by atoms with Crippen molar-refractivity contribution < 1.29 is 37.1 Å². The highest BCUT2D eigenvalue weighted by Crippen LogP contribution is 2.47. The summed E-state index contributed by atoms with van der Waals surface area (Å²) in [5, 5.41) is 4.45. The number of carbonyl (C=O) groups is 4. The number of esters is 2. The molecule has 0 aromatic heterocycles. The van der Waals surface area contributed by atoms with E-state index in [1.54, 1.807) is 0 Å². The van der Waals surface area contributed by atoms with Crippen LogP contribution in [0.1, 0.15) is 223 Å². The number of rotatable bonds is 6. The van der Waals surface area contributed by atoms with Crippen LogP contribution in [0.2, 0.25) is 0 Å². The van der Waals surface area contributed by atoms with E-state index in [0.717, 1.165) is 44.2 Å². The zero-order valence-electron chi connectivity index (χ0n) is 57.9. The van der Waals surface area contributed by atoms with Gasteiger partial charge in [-0.25, -0.2) is 8.42 Å². The maximum absolute atomic E-state index is 12.3. The third kappa shape index (κ3) is 17.9. The molecule has 12 rings (SSSR count). The van der Waals surface area contributed by atoms with Gasteiger partial charge in [0.15, 0.2) is 24.8 Å². The van der Waals surface area contributed by atoms with E-state index in [2.05, 4.69) is 185 Å². The van der Waals surface area contributed by atoms with Gasteiger partial charge in [-0.2, -0.15) is 4.40 Å². The van der Waals surface area contributed by atoms with Crippen LogP contribution in [0.15, 0.2) is 121 Å². The van der Waals surface area contributed by atoms with Crippen LogP contribution in [-0.2, 0) is 104 Å². The number of hydrogen-bond donors (Lipinski definition) is 0. The second-order valence-corrected chi connectivity index (χ2v) is 43.9. The minimum absolute atomic E-state index is 0.000937. The molecule has 0 radical (unpaired) electrons. The zero-order chi connectivity index (χ0) is 66.3. The summed E-state index contributed by atoms with van der Waals surface area (Å²) in [4.78, 5) is 55.1. The first kappa shape index (κ1) is 71.3. The molecule has 8 fully saturated rings. The summed E-state index contributed by atoms with van der Waals surface area (Å²) in [6.45, 7) is 35.5. The number of hydrogen-bond acceptors (Lipinski definition) is 8. The van der Waals surface area contributed by atoms with E-state index in [4.69, 9.17) is 9.47 Å². The molecule has 10 unspecified atom stereocenters. The standard InChI is InChI=1S/C22H33O2S.C19H26NO2S.C18H26NO2S2.C17H23O2S/c1-21(2,3)15-7-9-17(10-8-15)25-18-11-12-19(25)14-16(13-18)24-20(23)22(4,5)6;1-13(21)20-12-17-10-9-16(11-18(20)22)23(17)15-7-5-14(6-8-15)19(2,3)4;1-18(2,3)13-5-7-15(8-6-13)22-16-9-10-17(22)12-14(11-16)19-23(4,20)21;1-17(2,3)12-4-6-13(7-5-12)20-14-8-9-15(20)11-19-16(18)10-14/h7-10,16,18-19H,11-14H2,1-6H3;2*5-8,16-17H,9-12H2,1-4H3;4-7,14-15H,8-11H2,1-3H3/q4*+1. The summed E-state index contributed by atoms with van der Waals surface area (Å²) >= 11 is 0. The van der Waals surface area contributed by atoms with Crippen LogP contribution in [-0.4, -0.2) is 110 Å². The highest BCUT2D eigenvalue weighted by molar-refractivity contribution is 7.99. The van der Waals surface area contributed by atoms with Crippen molar-refractivity contribution in [2.24, 2.45) is 9.81 Å². The Morgan fingerprint density at radius 2 is 0.791 bits per heavy atom. The molecule has 8 aliphatic heterocycles. The molecule has 10 nitrogen and oxygen atoms in total. The summed E-state index contributed by atoms with van der Waals surface area (Å²) < 4.78 is 38.0. The number of benzene rings is 4. The van der Waals surface area contributed by atoms with E-state index < -0.39 is 15.4 Å². The lowest BCUT2D eigenvalue weighted by atomic mass is 9.87. The molecule has 8 bridgehead atoms. The van der Waals surface area contributed by atoms with Crippen molar-refractivity contribution in [2.45, 2.75) is 290 Å². The van der Waals surface area contributed by atoms with Gasteiger partial charge >= 0.3 is 11.9 Å². The van der Waals surface area contributed by atoms with Gasteiger partial charge in [-0.15, -0.1) is 0 Å². The predicted octanol–water partition coefficient (Wildman–Crippen LogP) is 15.6. The second-order valence-electron chi connectivity index (χ2n) is 32.0. The van der Waals surface area contributed by atoms with Crippen LogP contribution in [0.4, 0.5) is 0 Å². The van der Waals surface area contributed by atoms with Crippen LogP contribution in [0.5, 0.6) is 0 Å². The maximum atomic E-state index is 12.3. The van der Waals surface area contributed by atoms with Crippen molar-refractivity contribution in [3.63, 3.8) is 0 Å². The number of imide groups is 1. The number of cyclic esters (lactones) is 1. The highest BCUT2D eigenvalue weighted by Gasteiger charge is 2.56. The van der Waals surface area contributed by atoms with Crippen molar-refractivity contribution in [3.05, 3.63) is 119 Å². The van der Waals surface area contributed by atoms with Gasteiger partial charge in [0, 0.05) is 133 Å². The fourth-order valence-corrected chi connectivity index (χ4v) is 28.0. The molecule has 0 saturated carbocycles. The molecule has 0 N–H and O–H groups in total. The Kier molecular flexibility index (Phi) is 22.2. The number of sulfonamides is 1. The molecule has 15 heteroatoms. The molecule has 8 aliphatic rings. The van der Waals surface area contributed by atoms with E-state index in [1.165, 1.54) is 98.4 Å². The topological polar surface area (TPSA) is 136 Å². The number of fused-ring (bicyclic) bond motifs is 8.